The van der Waals surface area contributed by atoms with E-state index in [1.165, 1.54) is 12.8 Å². The zero-order valence-corrected chi connectivity index (χ0v) is 12.7. The van der Waals surface area contributed by atoms with Crippen LogP contribution in [0, 0.1) is 0 Å². The number of thioether (sulfide) groups is 1. The van der Waals surface area contributed by atoms with Crippen molar-refractivity contribution in [3.05, 3.63) is 5.82 Å². The lowest BCUT2D eigenvalue weighted by atomic mass is 9.99. The Bertz CT molecular complexity index is 377. The van der Waals surface area contributed by atoms with Crippen LogP contribution in [0.1, 0.15) is 37.9 Å². The maximum absolute atomic E-state index is 5.48. The fourth-order valence-corrected chi connectivity index (χ4v) is 3.09. The summed E-state index contributed by atoms with van der Waals surface area (Å²) < 4.78 is 7.62. The standard InChI is InChI=1S/C13H24N4OS/c1-3-7-18-8-9-19-13-16-15-12(17(13)2)11-5-4-6-14-10-11/h11,14H,3-10H2,1-2H3/t11-/m0/s1. The molecule has 1 saturated heterocycles. The van der Waals surface area contributed by atoms with Crippen molar-refractivity contribution in [2.45, 2.75) is 37.3 Å². The minimum absolute atomic E-state index is 0.511. The molecule has 2 rings (SSSR count). The minimum atomic E-state index is 0.511. The molecule has 6 heteroatoms. The Morgan fingerprint density at radius 3 is 3.05 bits per heavy atom. The fraction of sp³-hybridized carbons (Fsp3) is 0.846. The third kappa shape index (κ3) is 4.19. The highest BCUT2D eigenvalue weighted by Crippen LogP contribution is 2.24. The smallest absolute Gasteiger partial charge is 0.191 e. The second-order valence-corrected chi connectivity index (χ2v) is 5.97. The van der Waals surface area contributed by atoms with Crippen LogP contribution in [0.4, 0.5) is 0 Å². The summed E-state index contributed by atoms with van der Waals surface area (Å²) in [5.41, 5.74) is 0. The van der Waals surface area contributed by atoms with Crippen molar-refractivity contribution in [2.24, 2.45) is 7.05 Å². The number of nitrogens with one attached hydrogen (secondary N) is 1. The summed E-state index contributed by atoms with van der Waals surface area (Å²) in [6, 6.07) is 0. The molecule has 5 nitrogen and oxygen atoms in total. The summed E-state index contributed by atoms with van der Waals surface area (Å²) in [5.74, 6) is 2.57. The predicted molar refractivity (Wildman–Crippen MR) is 77.7 cm³/mol. The van der Waals surface area contributed by atoms with Crippen molar-refractivity contribution < 1.29 is 4.74 Å². The van der Waals surface area contributed by atoms with E-state index in [1.807, 2.05) is 0 Å². The Kier molecular flexibility index (Phi) is 6.13. The lowest BCUT2D eigenvalue weighted by Gasteiger charge is -2.21. The van der Waals surface area contributed by atoms with E-state index in [9.17, 15) is 0 Å². The van der Waals surface area contributed by atoms with Gasteiger partial charge in [-0.15, -0.1) is 10.2 Å². The Morgan fingerprint density at radius 2 is 2.32 bits per heavy atom. The first-order valence-electron chi connectivity index (χ1n) is 7.13. The van der Waals surface area contributed by atoms with Crippen LogP contribution >= 0.6 is 11.8 Å². The van der Waals surface area contributed by atoms with Crippen LogP contribution in [-0.2, 0) is 11.8 Å². The van der Waals surface area contributed by atoms with Crippen molar-refractivity contribution >= 4 is 11.8 Å². The maximum Gasteiger partial charge on any atom is 0.191 e. The molecule has 0 saturated carbocycles. The molecule has 0 unspecified atom stereocenters. The third-order valence-corrected chi connectivity index (χ3v) is 4.32. The summed E-state index contributed by atoms with van der Waals surface area (Å²) in [4.78, 5) is 0. The van der Waals surface area contributed by atoms with E-state index in [4.69, 9.17) is 4.74 Å². The highest BCUT2D eigenvalue weighted by molar-refractivity contribution is 7.99. The fourth-order valence-electron chi connectivity index (χ4n) is 2.32. The summed E-state index contributed by atoms with van der Waals surface area (Å²) in [6.45, 7) is 5.91. The molecule has 108 valence electrons. The monoisotopic (exact) mass is 284 g/mol. The molecule has 0 bridgehead atoms. The SMILES string of the molecule is CCCOCCSc1nnc([C@H]2CCCNC2)n1C. The number of hydrogen-bond donors (Lipinski definition) is 1. The number of nitrogens with zero attached hydrogens (tertiary/aromatic N) is 3. The molecule has 1 fully saturated rings. The topological polar surface area (TPSA) is 52.0 Å². The Morgan fingerprint density at radius 1 is 1.42 bits per heavy atom. The molecule has 1 aromatic heterocycles. The van der Waals surface area contributed by atoms with Gasteiger partial charge < -0.3 is 14.6 Å². The Labute approximate surface area is 119 Å². The van der Waals surface area contributed by atoms with Gasteiger partial charge in [0.05, 0.1) is 6.61 Å². The number of aromatic nitrogens is 3. The second kappa shape index (κ2) is 7.87. The van der Waals surface area contributed by atoms with Gasteiger partial charge in [0.2, 0.25) is 0 Å². The van der Waals surface area contributed by atoms with Crippen LogP contribution in [0.5, 0.6) is 0 Å². The van der Waals surface area contributed by atoms with E-state index >= 15 is 0 Å². The van der Waals surface area contributed by atoms with Gasteiger partial charge in [0.1, 0.15) is 5.82 Å². The highest BCUT2D eigenvalue weighted by Gasteiger charge is 2.21. The first kappa shape index (κ1) is 14.8. The number of rotatable bonds is 7. The molecule has 0 aromatic carbocycles. The Balaban J connectivity index is 1.83. The van der Waals surface area contributed by atoms with E-state index in [1.54, 1.807) is 11.8 Å². The van der Waals surface area contributed by atoms with Gasteiger partial charge in [-0.2, -0.15) is 0 Å². The molecule has 1 N–H and O–H groups in total. The van der Waals surface area contributed by atoms with Gasteiger partial charge >= 0.3 is 0 Å². The summed E-state index contributed by atoms with van der Waals surface area (Å²) in [5, 5.41) is 13.1. The van der Waals surface area contributed by atoms with Crippen LogP contribution in [0.15, 0.2) is 5.16 Å². The predicted octanol–water partition coefficient (Wildman–Crippen LogP) is 1.80. The van der Waals surface area contributed by atoms with Gasteiger partial charge in [-0.05, 0) is 25.8 Å². The van der Waals surface area contributed by atoms with Crippen molar-refractivity contribution in [1.29, 1.82) is 0 Å². The van der Waals surface area contributed by atoms with E-state index in [0.29, 0.717) is 5.92 Å². The number of ether oxygens (including phenoxy) is 1. The highest BCUT2D eigenvalue weighted by atomic mass is 32.2. The largest absolute Gasteiger partial charge is 0.381 e. The molecule has 1 aromatic rings. The average Bonchev–Trinajstić information content (AvgIpc) is 2.81. The molecule has 1 aliphatic heterocycles. The van der Waals surface area contributed by atoms with Gasteiger partial charge in [-0.25, -0.2) is 0 Å². The third-order valence-electron chi connectivity index (χ3n) is 3.34. The maximum atomic E-state index is 5.48. The molecule has 1 aliphatic rings. The molecule has 1 atom stereocenters. The normalized spacial score (nSPS) is 19.8. The number of piperidine rings is 1. The van der Waals surface area contributed by atoms with E-state index < -0.39 is 0 Å². The first-order chi connectivity index (χ1) is 9.33. The Hall–Kier alpha value is -0.590. The summed E-state index contributed by atoms with van der Waals surface area (Å²) in [6.07, 6.45) is 3.52. The van der Waals surface area contributed by atoms with Gasteiger partial charge in [-0.3, -0.25) is 0 Å². The first-order valence-corrected chi connectivity index (χ1v) is 8.12. The van der Waals surface area contributed by atoms with Crippen LogP contribution in [0.3, 0.4) is 0 Å². The van der Waals surface area contributed by atoms with Gasteiger partial charge in [0, 0.05) is 31.9 Å². The molecule has 0 spiro atoms. The van der Waals surface area contributed by atoms with E-state index in [-0.39, 0.29) is 0 Å². The summed E-state index contributed by atoms with van der Waals surface area (Å²) >= 11 is 1.73. The molecule has 19 heavy (non-hydrogen) atoms. The van der Waals surface area contributed by atoms with Crippen molar-refractivity contribution in [2.75, 3.05) is 32.1 Å². The van der Waals surface area contributed by atoms with Gasteiger partial charge in [-0.1, -0.05) is 18.7 Å². The van der Waals surface area contributed by atoms with Crippen LogP contribution in [0.2, 0.25) is 0 Å². The van der Waals surface area contributed by atoms with Crippen molar-refractivity contribution in [1.82, 2.24) is 20.1 Å². The molecule has 0 amide bonds. The molecular weight excluding hydrogens is 260 g/mol. The van der Waals surface area contributed by atoms with Crippen LogP contribution in [0.25, 0.3) is 0 Å². The van der Waals surface area contributed by atoms with Crippen molar-refractivity contribution in [3.8, 4) is 0 Å². The lowest BCUT2D eigenvalue weighted by molar-refractivity contribution is 0.151. The summed E-state index contributed by atoms with van der Waals surface area (Å²) in [7, 11) is 2.07. The number of hydrogen-bond acceptors (Lipinski definition) is 5. The van der Waals surface area contributed by atoms with Crippen LogP contribution in [-0.4, -0.2) is 46.8 Å². The molecule has 0 radical (unpaired) electrons. The van der Waals surface area contributed by atoms with Crippen molar-refractivity contribution in [3.63, 3.8) is 0 Å². The van der Waals surface area contributed by atoms with Gasteiger partial charge in [0.15, 0.2) is 5.16 Å². The molecular formula is C13H24N4OS. The zero-order chi connectivity index (χ0) is 13.5. The average molecular weight is 284 g/mol. The second-order valence-electron chi connectivity index (χ2n) is 4.90. The minimum Gasteiger partial charge on any atom is -0.381 e. The van der Waals surface area contributed by atoms with Crippen LogP contribution < -0.4 is 5.32 Å². The molecule has 2 heterocycles. The van der Waals surface area contributed by atoms with Gasteiger partial charge in [0.25, 0.3) is 0 Å². The lowest BCUT2D eigenvalue weighted by Crippen LogP contribution is -2.29. The van der Waals surface area contributed by atoms with E-state index in [0.717, 1.165) is 49.5 Å². The zero-order valence-electron chi connectivity index (χ0n) is 11.9. The molecule has 0 aliphatic carbocycles. The quantitative estimate of drug-likeness (QED) is 0.611. The van der Waals surface area contributed by atoms with E-state index in [2.05, 4.69) is 34.1 Å².